The van der Waals surface area contributed by atoms with Crippen LogP contribution in [0.4, 0.5) is 0 Å². The van der Waals surface area contributed by atoms with Gasteiger partial charge in [0, 0.05) is 45.3 Å². The molecule has 2 rings (SSSR count). The van der Waals surface area contributed by atoms with Gasteiger partial charge in [0.05, 0.1) is 12.7 Å². The van der Waals surface area contributed by atoms with Crippen molar-refractivity contribution in [2.45, 2.75) is 32.4 Å². The second kappa shape index (κ2) is 6.85. The van der Waals surface area contributed by atoms with Crippen molar-refractivity contribution in [1.29, 1.82) is 0 Å². The van der Waals surface area contributed by atoms with Gasteiger partial charge in [0.1, 0.15) is 0 Å². The number of nitrogens with one attached hydrogen (secondary N) is 1. The second-order valence-corrected chi connectivity index (χ2v) is 5.96. The number of ether oxygens (including phenoxy) is 1. The molecule has 0 aliphatic carbocycles. The third-order valence-corrected chi connectivity index (χ3v) is 4.42. The molecule has 0 radical (unpaired) electrons. The van der Waals surface area contributed by atoms with Gasteiger partial charge in [-0.3, -0.25) is 4.90 Å². The summed E-state index contributed by atoms with van der Waals surface area (Å²) in [7, 11) is 2.19. The molecule has 1 N–H and O–H groups in total. The number of morpholine rings is 1. The summed E-state index contributed by atoms with van der Waals surface area (Å²) >= 11 is 0. The van der Waals surface area contributed by atoms with Gasteiger partial charge in [0.2, 0.25) is 0 Å². The molecular weight excluding hydrogens is 226 g/mol. The lowest BCUT2D eigenvalue weighted by molar-refractivity contribution is -0.0396. The van der Waals surface area contributed by atoms with Crippen LogP contribution in [-0.2, 0) is 4.74 Å². The van der Waals surface area contributed by atoms with Crippen LogP contribution < -0.4 is 5.32 Å². The van der Waals surface area contributed by atoms with Crippen LogP contribution in [0.1, 0.15) is 20.3 Å². The molecule has 2 aliphatic rings. The summed E-state index contributed by atoms with van der Waals surface area (Å²) in [5, 5.41) is 3.65. The fourth-order valence-corrected chi connectivity index (χ4v) is 2.94. The highest BCUT2D eigenvalue weighted by atomic mass is 16.5. The Morgan fingerprint density at radius 3 is 2.89 bits per heavy atom. The first-order valence-corrected chi connectivity index (χ1v) is 7.45. The van der Waals surface area contributed by atoms with Crippen LogP contribution in [0.25, 0.3) is 0 Å². The average molecular weight is 255 g/mol. The molecule has 18 heavy (non-hydrogen) atoms. The standard InChI is InChI=1S/C14H29N3O/c1-4-12(2)14-11-17(6-5-15-14)10-13-9-16(3)7-8-18-13/h12-15H,4-11H2,1-3H3. The predicted molar refractivity (Wildman–Crippen MR) is 74.9 cm³/mol. The minimum Gasteiger partial charge on any atom is -0.374 e. The summed E-state index contributed by atoms with van der Waals surface area (Å²) < 4.78 is 5.87. The zero-order valence-corrected chi connectivity index (χ0v) is 12.2. The van der Waals surface area contributed by atoms with Crippen LogP contribution in [0.2, 0.25) is 0 Å². The summed E-state index contributed by atoms with van der Waals surface area (Å²) in [5.41, 5.74) is 0. The normalized spacial score (nSPS) is 33.5. The van der Waals surface area contributed by atoms with Gasteiger partial charge in [0.15, 0.2) is 0 Å². The maximum atomic E-state index is 5.87. The fourth-order valence-electron chi connectivity index (χ4n) is 2.94. The minimum absolute atomic E-state index is 0.402. The summed E-state index contributed by atoms with van der Waals surface area (Å²) in [4.78, 5) is 4.96. The Labute approximate surface area is 112 Å². The van der Waals surface area contributed by atoms with Crippen molar-refractivity contribution in [2.24, 2.45) is 5.92 Å². The summed E-state index contributed by atoms with van der Waals surface area (Å²) in [5.74, 6) is 0.766. The Kier molecular flexibility index (Phi) is 5.42. The van der Waals surface area contributed by atoms with Crippen LogP contribution in [0.5, 0.6) is 0 Å². The fraction of sp³-hybridized carbons (Fsp3) is 1.00. The first kappa shape index (κ1) is 14.3. The zero-order chi connectivity index (χ0) is 13.0. The lowest BCUT2D eigenvalue weighted by Crippen LogP contribution is -2.56. The summed E-state index contributed by atoms with van der Waals surface area (Å²) in [6.07, 6.45) is 1.66. The minimum atomic E-state index is 0.402. The Bertz CT molecular complexity index is 249. The van der Waals surface area contributed by atoms with E-state index in [-0.39, 0.29) is 0 Å². The lowest BCUT2D eigenvalue weighted by atomic mass is 9.97. The molecule has 0 aromatic heterocycles. The maximum absolute atomic E-state index is 5.87. The van der Waals surface area contributed by atoms with Crippen molar-refractivity contribution in [3.8, 4) is 0 Å². The molecule has 2 fully saturated rings. The highest BCUT2D eigenvalue weighted by Gasteiger charge is 2.26. The van der Waals surface area contributed by atoms with E-state index < -0.39 is 0 Å². The van der Waals surface area contributed by atoms with E-state index in [1.807, 2.05) is 0 Å². The quantitative estimate of drug-likeness (QED) is 0.798. The summed E-state index contributed by atoms with van der Waals surface area (Å²) in [6, 6.07) is 0.657. The highest BCUT2D eigenvalue weighted by molar-refractivity contribution is 4.84. The molecule has 0 aromatic rings. The van der Waals surface area contributed by atoms with E-state index in [9.17, 15) is 0 Å². The monoisotopic (exact) mass is 255 g/mol. The number of hydrogen-bond donors (Lipinski definition) is 1. The highest BCUT2D eigenvalue weighted by Crippen LogP contribution is 2.13. The first-order valence-electron chi connectivity index (χ1n) is 7.45. The van der Waals surface area contributed by atoms with Crippen LogP contribution in [0.3, 0.4) is 0 Å². The first-order chi connectivity index (χ1) is 8.69. The third kappa shape index (κ3) is 3.92. The molecule has 106 valence electrons. The van der Waals surface area contributed by atoms with Crippen LogP contribution in [0.15, 0.2) is 0 Å². The van der Waals surface area contributed by atoms with E-state index in [1.165, 1.54) is 13.0 Å². The molecule has 0 aromatic carbocycles. The molecule has 0 spiro atoms. The molecule has 2 saturated heterocycles. The lowest BCUT2D eigenvalue weighted by Gasteiger charge is -2.39. The predicted octanol–water partition coefficient (Wildman–Crippen LogP) is 0.637. The molecule has 2 heterocycles. The summed E-state index contributed by atoms with van der Waals surface area (Å²) in [6.45, 7) is 12.2. The molecule has 2 aliphatic heterocycles. The van der Waals surface area contributed by atoms with Crippen LogP contribution in [0, 0.1) is 5.92 Å². The van der Waals surface area contributed by atoms with E-state index in [2.05, 4.69) is 36.0 Å². The maximum Gasteiger partial charge on any atom is 0.0829 e. The van der Waals surface area contributed by atoms with Crippen molar-refractivity contribution < 1.29 is 4.74 Å². The van der Waals surface area contributed by atoms with Crippen molar-refractivity contribution in [1.82, 2.24) is 15.1 Å². The van der Waals surface area contributed by atoms with Gasteiger partial charge >= 0.3 is 0 Å². The van der Waals surface area contributed by atoms with E-state index >= 15 is 0 Å². The van der Waals surface area contributed by atoms with E-state index in [0.717, 1.165) is 45.2 Å². The molecule has 0 amide bonds. The topological polar surface area (TPSA) is 27.7 Å². The van der Waals surface area contributed by atoms with Gasteiger partial charge in [-0.2, -0.15) is 0 Å². The molecule has 3 unspecified atom stereocenters. The molecule has 4 heteroatoms. The smallest absolute Gasteiger partial charge is 0.0829 e. The van der Waals surface area contributed by atoms with Gasteiger partial charge in [0.25, 0.3) is 0 Å². The van der Waals surface area contributed by atoms with Crippen molar-refractivity contribution in [3.05, 3.63) is 0 Å². The van der Waals surface area contributed by atoms with Gasteiger partial charge in [-0.15, -0.1) is 0 Å². The number of likely N-dealkylation sites (N-methyl/N-ethyl adjacent to an activating group) is 1. The van der Waals surface area contributed by atoms with Gasteiger partial charge in [-0.1, -0.05) is 20.3 Å². The van der Waals surface area contributed by atoms with Gasteiger partial charge in [-0.05, 0) is 13.0 Å². The number of hydrogen-bond acceptors (Lipinski definition) is 4. The molecule has 4 nitrogen and oxygen atoms in total. The molecule has 3 atom stereocenters. The van der Waals surface area contributed by atoms with Crippen LogP contribution >= 0.6 is 0 Å². The van der Waals surface area contributed by atoms with E-state index in [4.69, 9.17) is 4.74 Å². The SMILES string of the molecule is CCC(C)C1CN(CC2CN(C)CCO2)CCN1. The van der Waals surface area contributed by atoms with Gasteiger partial charge < -0.3 is 15.0 Å². The van der Waals surface area contributed by atoms with E-state index in [0.29, 0.717) is 12.1 Å². The molecule has 0 bridgehead atoms. The van der Waals surface area contributed by atoms with Crippen molar-refractivity contribution >= 4 is 0 Å². The van der Waals surface area contributed by atoms with Crippen molar-refractivity contribution in [3.63, 3.8) is 0 Å². The third-order valence-electron chi connectivity index (χ3n) is 4.42. The average Bonchev–Trinajstić information content (AvgIpc) is 2.38. The largest absolute Gasteiger partial charge is 0.374 e. The number of nitrogens with zero attached hydrogens (tertiary/aromatic N) is 2. The van der Waals surface area contributed by atoms with E-state index in [1.54, 1.807) is 0 Å². The van der Waals surface area contributed by atoms with Crippen molar-refractivity contribution in [2.75, 3.05) is 52.9 Å². The number of rotatable bonds is 4. The Morgan fingerprint density at radius 2 is 2.17 bits per heavy atom. The Morgan fingerprint density at radius 1 is 1.33 bits per heavy atom. The Hall–Kier alpha value is -0.160. The number of piperazine rings is 1. The Balaban J connectivity index is 1.78. The molecule has 0 saturated carbocycles. The molecular formula is C14H29N3O. The van der Waals surface area contributed by atoms with Crippen LogP contribution in [-0.4, -0.2) is 74.9 Å². The zero-order valence-electron chi connectivity index (χ0n) is 12.2. The second-order valence-electron chi connectivity index (χ2n) is 5.96. The van der Waals surface area contributed by atoms with Gasteiger partial charge in [-0.25, -0.2) is 0 Å².